The number of likely N-dealkylation sites (tertiary alicyclic amines) is 1. The number of aryl methyl sites for hydroxylation is 1. The van der Waals surface area contributed by atoms with Crippen LogP contribution in [0.5, 0.6) is 0 Å². The second-order valence-corrected chi connectivity index (χ2v) is 8.22. The maximum Gasteiger partial charge on any atom is 0.348 e. The molecule has 3 heterocycles. The van der Waals surface area contributed by atoms with Crippen LogP contribution in [0.15, 0.2) is 4.79 Å². The largest absolute Gasteiger partial charge is 0.462 e. The Bertz CT molecular complexity index is 883. The zero-order chi connectivity index (χ0) is 20.3. The van der Waals surface area contributed by atoms with Gasteiger partial charge in [0.25, 0.3) is 5.56 Å². The molecule has 7 nitrogen and oxygen atoms in total. The highest BCUT2D eigenvalue weighted by Crippen LogP contribution is 2.30. The van der Waals surface area contributed by atoms with Crippen molar-refractivity contribution in [1.29, 1.82) is 0 Å². The van der Waals surface area contributed by atoms with Crippen molar-refractivity contribution in [3.05, 3.63) is 26.6 Å². The van der Waals surface area contributed by atoms with E-state index in [2.05, 4.69) is 16.8 Å². The first-order valence-electron chi connectivity index (χ1n) is 9.98. The normalized spacial score (nSPS) is 17.1. The highest BCUT2D eigenvalue weighted by molar-refractivity contribution is 7.20. The highest BCUT2D eigenvalue weighted by Gasteiger charge is 2.26. The van der Waals surface area contributed by atoms with Crippen LogP contribution in [0.2, 0.25) is 0 Å². The Labute approximate surface area is 169 Å². The summed E-state index contributed by atoms with van der Waals surface area (Å²) < 4.78 is 10.7. The summed E-state index contributed by atoms with van der Waals surface area (Å²) in [5.74, 6) is 0.857. The van der Waals surface area contributed by atoms with Gasteiger partial charge in [0.2, 0.25) is 0 Å². The van der Waals surface area contributed by atoms with E-state index < -0.39 is 5.97 Å². The quantitative estimate of drug-likeness (QED) is 0.709. The van der Waals surface area contributed by atoms with Crippen LogP contribution in [0.25, 0.3) is 10.2 Å². The third-order valence-corrected chi connectivity index (χ3v) is 6.60. The number of thiophene rings is 1. The first kappa shape index (κ1) is 21.0. The Hall–Kier alpha value is -1.77. The predicted octanol–water partition coefficient (Wildman–Crippen LogP) is 3.28. The van der Waals surface area contributed by atoms with E-state index >= 15 is 0 Å². The summed E-state index contributed by atoms with van der Waals surface area (Å²) in [5.41, 5.74) is 0.450. The number of H-pyrrole nitrogens is 1. The molecule has 8 heteroatoms. The third kappa shape index (κ3) is 4.29. The number of carbonyl (C=O) groups excluding carboxylic acids is 1. The first-order valence-corrected chi connectivity index (χ1v) is 10.8. The van der Waals surface area contributed by atoms with E-state index in [0.29, 0.717) is 39.0 Å². The van der Waals surface area contributed by atoms with E-state index in [1.54, 1.807) is 13.8 Å². The van der Waals surface area contributed by atoms with Gasteiger partial charge in [0, 0.05) is 13.2 Å². The van der Waals surface area contributed by atoms with Crippen molar-refractivity contribution in [1.82, 2.24) is 14.9 Å². The molecule has 1 fully saturated rings. The molecule has 0 spiro atoms. The van der Waals surface area contributed by atoms with Crippen molar-refractivity contribution in [3.63, 3.8) is 0 Å². The molecular weight excluding hydrogens is 378 g/mol. The van der Waals surface area contributed by atoms with E-state index in [1.807, 2.05) is 6.92 Å². The molecule has 1 unspecified atom stereocenters. The SMILES string of the molecule is CCOCC1CCN(C(C)c2nc3sc(C(=O)OCC)c(C)c3c(=O)[nH]2)CC1. The van der Waals surface area contributed by atoms with Gasteiger partial charge in [0.15, 0.2) is 0 Å². The van der Waals surface area contributed by atoms with Gasteiger partial charge in [-0.2, -0.15) is 0 Å². The minimum Gasteiger partial charge on any atom is -0.462 e. The molecule has 1 N–H and O–H groups in total. The fourth-order valence-electron chi connectivity index (χ4n) is 3.71. The second-order valence-electron chi connectivity index (χ2n) is 7.22. The molecule has 1 saturated heterocycles. The molecule has 0 radical (unpaired) electrons. The monoisotopic (exact) mass is 407 g/mol. The maximum atomic E-state index is 12.7. The molecule has 0 amide bonds. The number of ether oxygens (including phenoxy) is 2. The third-order valence-electron chi connectivity index (χ3n) is 5.43. The summed E-state index contributed by atoms with van der Waals surface area (Å²) in [7, 11) is 0. The number of nitrogens with zero attached hydrogens (tertiary/aromatic N) is 2. The van der Waals surface area contributed by atoms with Crippen LogP contribution in [0.3, 0.4) is 0 Å². The smallest absolute Gasteiger partial charge is 0.348 e. The van der Waals surface area contributed by atoms with Crippen LogP contribution in [0, 0.1) is 12.8 Å². The van der Waals surface area contributed by atoms with E-state index in [-0.39, 0.29) is 11.6 Å². The van der Waals surface area contributed by atoms with Gasteiger partial charge in [-0.05, 0) is 65.1 Å². The Balaban J connectivity index is 1.80. The summed E-state index contributed by atoms with van der Waals surface area (Å²) in [6.07, 6.45) is 2.17. The van der Waals surface area contributed by atoms with Crippen LogP contribution in [0.4, 0.5) is 0 Å². The fraction of sp³-hybridized carbons (Fsp3) is 0.650. The Kier molecular flexibility index (Phi) is 6.85. The molecule has 3 rings (SSSR count). The van der Waals surface area contributed by atoms with Gasteiger partial charge in [-0.1, -0.05) is 0 Å². The number of nitrogens with one attached hydrogen (secondary N) is 1. The van der Waals surface area contributed by atoms with Crippen molar-refractivity contribution in [3.8, 4) is 0 Å². The van der Waals surface area contributed by atoms with Crippen molar-refractivity contribution in [2.45, 2.75) is 46.6 Å². The topological polar surface area (TPSA) is 84.5 Å². The first-order chi connectivity index (χ1) is 13.5. The molecule has 0 saturated carbocycles. The molecule has 2 aromatic rings. The summed E-state index contributed by atoms with van der Waals surface area (Å²) >= 11 is 1.23. The van der Waals surface area contributed by atoms with Crippen LogP contribution in [-0.4, -0.2) is 53.7 Å². The number of rotatable bonds is 7. The molecule has 0 aromatic carbocycles. The lowest BCUT2D eigenvalue weighted by Crippen LogP contribution is -2.38. The lowest BCUT2D eigenvalue weighted by Gasteiger charge is -2.35. The average Bonchev–Trinajstić information content (AvgIpc) is 3.03. The molecule has 28 heavy (non-hydrogen) atoms. The number of esters is 1. The zero-order valence-corrected chi connectivity index (χ0v) is 17.9. The van der Waals surface area contributed by atoms with Crippen LogP contribution >= 0.6 is 11.3 Å². The second kappa shape index (κ2) is 9.15. The summed E-state index contributed by atoms with van der Waals surface area (Å²) in [6.45, 7) is 11.4. The molecule has 154 valence electrons. The van der Waals surface area contributed by atoms with Gasteiger partial charge >= 0.3 is 5.97 Å². The Morgan fingerprint density at radius 2 is 2.04 bits per heavy atom. The lowest BCUT2D eigenvalue weighted by atomic mass is 9.96. The van der Waals surface area contributed by atoms with Gasteiger partial charge < -0.3 is 14.5 Å². The molecule has 2 aromatic heterocycles. The number of hydrogen-bond acceptors (Lipinski definition) is 7. The molecular formula is C20H29N3O4S. The van der Waals surface area contributed by atoms with Crippen LogP contribution < -0.4 is 5.56 Å². The van der Waals surface area contributed by atoms with Crippen molar-refractivity contribution in [2.75, 3.05) is 32.9 Å². The summed E-state index contributed by atoms with van der Waals surface area (Å²) in [6, 6.07) is 0.0126. The molecule has 1 aliphatic rings. The minimum absolute atomic E-state index is 0.0126. The fourth-order valence-corrected chi connectivity index (χ4v) is 4.80. The predicted molar refractivity (Wildman–Crippen MR) is 110 cm³/mol. The molecule has 0 aliphatic carbocycles. The van der Waals surface area contributed by atoms with Gasteiger partial charge in [-0.3, -0.25) is 9.69 Å². The molecule has 0 bridgehead atoms. The van der Waals surface area contributed by atoms with E-state index in [9.17, 15) is 9.59 Å². The number of carbonyl (C=O) groups is 1. The van der Waals surface area contributed by atoms with Gasteiger partial charge in [0.1, 0.15) is 15.5 Å². The van der Waals surface area contributed by atoms with Gasteiger partial charge in [-0.15, -0.1) is 11.3 Å². The summed E-state index contributed by atoms with van der Waals surface area (Å²) in [4.78, 5) is 35.9. The van der Waals surface area contributed by atoms with Gasteiger partial charge in [-0.25, -0.2) is 9.78 Å². The van der Waals surface area contributed by atoms with Crippen molar-refractivity contribution < 1.29 is 14.3 Å². The van der Waals surface area contributed by atoms with Crippen LogP contribution in [0.1, 0.15) is 60.7 Å². The van der Waals surface area contributed by atoms with E-state index in [0.717, 1.165) is 39.1 Å². The lowest BCUT2D eigenvalue weighted by molar-refractivity contribution is 0.0531. The average molecular weight is 408 g/mol. The number of piperidine rings is 1. The number of aromatic nitrogens is 2. The molecule has 1 atom stereocenters. The Morgan fingerprint density at radius 1 is 1.32 bits per heavy atom. The number of hydrogen-bond donors (Lipinski definition) is 1. The highest BCUT2D eigenvalue weighted by atomic mass is 32.1. The van der Waals surface area contributed by atoms with Crippen molar-refractivity contribution in [2.24, 2.45) is 5.92 Å². The van der Waals surface area contributed by atoms with Crippen LogP contribution in [-0.2, 0) is 9.47 Å². The zero-order valence-electron chi connectivity index (χ0n) is 17.0. The Morgan fingerprint density at radius 3 is 2.68 bits per heavy atom. The van der Waals surface area contributed by atoms with Crippen molar-refractivity contribution >= 4 is 27.5 Å². The number of aromatic amines is 1. The standard InChI is InChI=1S/C20H29N3O4S/c1-5-26-11-14-7-9-23(10-8-14)13(4)17-21-18(24)15-12(3)16(20(25)27-6-2)28-19(15)22-17/h13-14H,5-11H2,1-4H3,(H,21,22,24). The maximum absolute atomic E-state index is 12.7. The van der Waals surface area contributed by atoms with Gasteiger partial charge in [0.05, 0.1) is 18.0 Å². The van der Waals surface area contributed by atoms with E-state index in [1.165, 1.54) is 11.3 Å². The number of fused-ring (bicyclic) bond motifs is 1. The minimum atomic E-state index is -0.395. The summed E-state index contributed by atoms with van der Waals surface area (Å²) in [5, 5.41) is 0.486. The van der Waals surface area contributed by atoms with E-state index in [4.69, 9.17) is 14.5 Å². The molecule has 1 aliphatic heterocycles.